The lowest BCUT2D eigenvalue weighted by molar-refractivity contribution is 0.0636. The molecule has 7 nitrogen and oxygen atoms in total. The Balaban J connectivity index is 1.36. The van der Waals surface area contributed by atoms with E-state index >= 15 is 0 Å². The van der Waals surface area contributed by atoms with Crippen molar-refractivity contribution in [2.24, 2.45) is 0 Å². The van der Waals surface area contributed by atoms with Gasteiger partial charge in [0.15, 0.2) is 0 Å². The Morgan fingerprint density at radius 1 is 1.00 bits per heavy atom. The first-order valence-electron chi connectivity index (χ1n) is 11.4. The van der Waals surface area contributed by atoms with Crippen molar-refractivity contribution in [2.45, 2.75) is 36.9 Å². The molecule has 0 saturated carbocycles. The number of sulfonamides is 1. The first-order chi connectivity index (χ1) is 16.4. The summed E-state index contributed by atoms with van der Waals surface area (Å²) in [5.74, 6) is -0.160. The average molecular weight is 479 g/mol. The van der Waals surface area contributed by atoms with Crippen LogP contribution in [0, 0.1) is 0 Å². The number of amides is 1. The van der Waals surface area contributed by atoms with Gasteiger partial charge in [-0.25, -0.2) is 13.1 Å². The molecule has 2 aromatic carbocycles. The van der Waals surface area contributed by atoms with Crippen molar-refractivity contribution >= 4 is 15.9 Å². The Morgan fingerprint density at radius 3 is 2.41 bits per heavy atom. The van der Waals surface area contributed by atoms with Gasteiger partial charge < -0.3 is 4.90 Å². The van der Waals surface area contributed by atoms with Gasteiger partial charge in [-0.2, -0.15) is 0 Å². The number of carbonyl (C=O) groups excluding carboxylic acids is 1. The molecule has 0 atom stereocenters. The number of piperidine rings is 1. The fourth-order valence-electron chi connectivity index (χ4n) is 4.23. The molecule has 1 fully saturated rings. The Hall–Kier alpha value is -3.07. The van der Waals surface area contributed by atoms with Crippen LogP contribution in [0.1, 0.15) is 34.3 Å². The van der Waals surface area contributed by atoms with Crippen LogP contribution in [0.5, 0.6) is 0 Å². The van der Waals surface area contributed by atoms with Gasteiger partial charge in [-0.3, -0.25) is 14.7 Å². The third-order valence-corrected chi connectivity index (χ3v) is 7.68. The maximum Gasteiger partial charge on any atom is 0.253 e. The third-order valence-electron chi connectivity index (χ3n) is 6.28. The van der Waals surface area contributed by atoms with E-state index in [1.807, 2.05) is 42.5 Å². The summed E-state index contributed by atoms with van der Waals surface area (Å²) < 4.78 is 28.2. The zero-order valence-electron chi connectivity index (χ0n) is 19.3. The topological polar surface area (TPSA) is 82.6 Å². The molecule has 0 spiro atoms. The van der Waals surface area contributed by atoms with Crippen LogP contribution in [0.3, 0.4) is 0 Å². The molecule has 2 heterocycles. The second-order valence-electron chi connectivity index (χ2n) is 8.62. The van der Waals surface area contributed by atoms with E-state index in [-0.39, 0.29) is 23.4 Å². The number of nitrogens with zero attached hydrogens (tertiary/aromatic N) is 3. The van der Waals surface area contributed by atoms with Gasteiger partial charge in [0, 0.05) is 57.2 Å². The van der Waals surface area contributed by atoms with Crippen molar-refractivity contribution in [1.29, 1.82) is 0 Å². The summed E-state index contributed by atoms with van der Waals surface area (Å²) in [6.45, 7) is 2.88. The van der Waals surface area contributed by atoms with Crippen LogP contribution in [0.15, 0.2) is 84.0 Å². The van der Waals surface area contributed by atoms with Crippen molar-refractivity contribution in [3.63, 3.8) is 0 Å². The summed E-state index contributed by atoms with van der Waals surface area (Å²) in [7, 11) is -1.93. The molecule has 0 aliphatic carbocycles. The second-order valence-corrected chi connectivity index (χ2v) is 10.4. The Bertz CT molecular complexity index is 1190. The van der Waals surface area contributed by atoms with Gasteiger partial charge in [0.1, 0.15) is 0 Å². The summed E-state index contributed by atoms with van der Waals surface area (Å²) >= 11 is 0. The molecule has 34 heavy (non-hydrogen) atoms. The minimum absolute atomic E-state index is 0.0925. The molecule has 1 aromatic heterocycles. The molecule has 8 heteroatoms. The van der Waals surface area contributed by atoms with Crippen LogP contribution in [0.4, 0.5) is 0 Å². The van der Waals surface area contributed by atoms with Gasteiger partial charge in [0.25, 0.3) is 5.91 Å². The number of likely N-dealkylation sites (tertiary alicyclic amines) is 1. The molecule has 0 radical (unpaired) electrons. The standard InChI is InChI=1S/C26H30N4O3S/c1-29(24-12-16-30(17-13-24)20-22-10-14-27-15-11-22)26(31)23-8-5-9-25(18-23)34(32,33)28-19-21-6-3-2-4-7-21/h2-11,14-15,18,24,28H,12-13,16-17,19-20H2,1H3. The fourth-order valence-corrected chi connectivity index (χ4v) is 5.30. The number of carbonyl (C=O) groups is 1. The zero-order valence-corrected chi connectivity index (χ0v) is 20.1. The first-order valence-corrected chi connectivity index (χ1v) is 12.9. The van der Waals surface area contributed by atoms with E-state index < -0.39 is 10.0 Å². The van der Waals surface area contributed by atoms with Gasteiger partial charge in [0.05, 0.1) is 4.90 Å². The molecule has 0 bridgehead atoms. The largest absolute Gasteiger partial charge is 0.339 e. The quantitative estimate of drug-likeness (QED) is 0.537. The molecule has 4 rings (SSSR count). The van der Waals surface area contributed by atoms with Gasteiger partial charge >= 0.3 is 0 Å². The number of pyridine rings is 1. The normalized spacial score (nSPS) is 15.2. The number of nitrogens with one attached hydrogen (secondary N) is 1. The summed E-state index contributed by atoms with van der Waals surface area (Å²) in [5, 5.41) is 0. The van der Waals surface area contributed by atoms with Crippen LogP contribution < -0.4 is 4.72 Å². The molecule has 1 saturated heterocycles. The molecular weight excluding hydrogens is 448 g/mol. The van der Waals surface area contributed by atoms with Gasteiger partial charge in [-0.1, -0.05) is 36.4 Å². The van der Waals surface area contributed by atoms with Gasteiger partial charge in [-0.15, -0.1) is 0 Å². The lowest BCUT2D eigenvalue weighted by Gasteiger charge is -2.36. The average Bonchev–Trinajstić information content (AvgIpc) is 2.88. The third kappa shape index (κ3) is 6.08. The summed E-state index contributed by atoms with van der Waals surface area (Å²) in [4.78, 5) is 21.5. The van der Waals surface area contributed by atoms with Crippen molar-refractivity contribution in [3.8, 4) is 0 Å². The van der Waals surface area contributed by atoms with Crippen LogP contribution >= 0.6 is 0 Å². The predicted octanol–water partition coefficient (Wildman–Crippen LogP) is 3.30. The minimum Gasteiger partial charge on any atom is -0.339 e. The zero-order chi connectivity index (χ0) is 24.0. The first kappa shape index (κ1) is 24.1. The summed E-state index contributed by atoms with van der Waals surface area (Å²) in [6, 6.07) is 19.8. The van der Waals surface area contributed by atoms with Crippen LogP contribution in [-0.2, 0) is 23.1 Å². The molecule has 1 aliphatic heterocycles. The van der Waals surface area contributed by atoms with E-state index in [9.17, 15) is 13.2 Å². The van der Waals surface area contributed by atoms with Crippen molar-refractivity contribution in [3.05, 3.63) is 95.8 Å². The lowest BCUT2D eigenvalue weighted by Crippen LogP contribution is -2.45. The maximum atomic E-state index is 13.2. The minimum atomic E-state index is -3.73. The van der Waals surface area contributed by atoms with Gasteiger partial charge in [-0.05, 0) is 54.3 Å². The highest BCUT2D eigenvalue weighted by Gasteiger charge is 2.27. The van der Waals surface area contributed by atoms with E-state index in [1.165, 1.54) is 17.7 Å². The van der Waals surface area contributed by atoms with E-state index in [0.29, 0.717) is 5.56 Å². The Kier molecular flexibility index (Phi) is 7.72. The molecule has 1 N–H and O–H groups in total. The number of hydrogen-bond donors (Lipinski definition) is 1. The smallest absolute Gasteiger partial charge is 0.253 e. The Morgan fingerprint density at radius 2 is 1.71 bits per heavy atom. The molecule has 1 amide bonds. The van der Waals surface area contributed by atoms with Crippen LogP contribution in [0.2, 0.25) is 0 Å². The van der Waals surface area contributed by atoms with E-state index in [1.54, 1.807) is 36.5 Å². The number of benzene rings is 2. The molecule has 178 valence electrons. The molecule has 1 aliphatic rings. The van der Waals surface area contributed by atoms with Crippen molar-refractivity contribution in [2.75, 3.05) is 20.1 Å². The number of aromatic nitrogens is 1. The molecular formula is C26H30N4O3S. The molecule has 0 unspecified atom stereocenters. The highest BCUT2D eigenvalue weighted by molar-refractivity contribution is 7.89. The van der Waals surface area contributed by atoms with Crippen LogP contribution in [0.25, 0.3) is 0 Å². The maximum absolute atomic E-state index is 13.2. The SMILES string of the molecule is CN(C(=O)c1cccc(S(=O)(=O)NCc2ccccc2)c1)C1CCN(Cc2ccncc2)CC1. The van der Waals surface area contributed by atoms with Gasteiger partial charge in [0.2, 0.25) is 10.0 Å². The van der Waals surface area contributed by atoms with Crippen molar-refractivity contribution < 1.29 is 13.2 Å². The monoisotopic (exact) mass is 478 g/mol. The fraction of sp³-hybridized carbons (Fsp3) is 0.308. The predicted molar refractivity (Wildman–Crippen MR) is 132 cm³/mol. The van der Waals surface area contributed by atoms with Crippen LogP contribution in [-0.4, -0.2) is 55.3 Å². The molecule has 3 aromatic rings. The Labute approximate surface area is 201 Å². The van der Waals surface area contributed by atoms with E-state index in [4.69, 9.17) is 0 Å². The van der Waals surface area contributed by atoms with Crippen molar-refractivity contribution in [1.82, 2.24) is 19.5 Å². The second kappa shape index (κ2) is 10.9. The summed E-state index contributed by atoms with van der Waals surface area (Å²) in [6.07, 6.45) is 5.37. The van der Waals surface area contributed by atoms with E-state index in [0.717, 1.165) is 38.0 Å². The summed E-state index contributed by atoms with van der Waals surface area (Å²) in [5.41, 5.74) is 2.48. The highest BCUT2D eigenvalue weighted by atomic mass is 32.2. The van der Waals surface area contributed by atoms with E-state index in [2.05, 4.69) is 14.6 Å². The number of rotatable bonds is 8. The highest BCUT2D eigenvalue weighted by Crippen LogP contribution is 2.20. The number of hydrogen-bond acceptors (Lipinski definition) is 5. The lowest BCUT2D eigenvalue weighted by atomic mass is 10.0.